The molecular weight excluding hydrogens is 202 g/mol. The van der Waals surface area contributed by atoms with Crippen molar-refractivity contribution in [1.29, 1.82) is 0 Å². The Kier molecular flexibility index (Phi) is 2.09. The number of aromatic nitrogens is 4. The summed E-state index contributed by atoms with van der Waals surface area (Å²) in [5, 5.41) is 0.312. The highest BCUT2D eigenvalue weighted by atomic mass is 35.5. The molecule has 0 aliphatic heterocycles. The van der Waals surface area contributed by atoms with Crippen LogP contribution in [0.5, 0.6) is 0 Å². The number of fused-ring (bicyclic) bond motifs is 1. The van der Waals surface area contributed by atoms with E-state index in [1.807, 2.05) is 4.57 Å². The van der Waals surface area contributed by atoms with E-state index in [9.17, 15) is 0 Å². The molecule has 0 fully saturated rings. The van der Waals surface area contributed by atoms with Crippen LogP contribution in [-0.4, -0.2) is 19.5 Å². The molecule has 72 valence electrons. The Morgan fingerprint density at radius 3 is 3.07 bits per heavy atom. The number of rotatable bonds is 2. The van der Waals surface area contributed by atoms with Gasteiger partial charge in [-0.25, -0.2) is 4.98 Å². The molecule has 0 unspecified atom stereocenters. The summed E-state index contributed by atoms with van der Waals surface area (Å²) in [6.07, 6.45) is 3.38. The van der Waals surface area contributed by atoms with Crippen LogP contribution >= 0.6 is 11.6 Å². The number of nitrogens with two attached hydrogens (primary N) is 1. The zero-order valence-corrected chi connectivity index (χ0v) is 8.07. The number of hydrogen-bond donors (Lipinski definition) is 1. The second kappa shape index (κ2) is 3.26. The van der Waals surface area contributed by atoms with Crippen molar-refractivity contribution < 1.29 is 0 Å². The van der Waals surface area contributed by atoms with Crippen LogP contribution in [0.15, 0.2) is 19.0 Å². The predicted molar refractivity (Wildman–Crippen MR) is 54.9 cm³/mol. The van der Waals surface area contributed by atoms with Crippen molar-refractivity contribution in [1.82, 2.24) is 19.5 Å². The molecule has 0 aliphatic rings. The first-order chi connectivity index (χ1) is 6.72. The van der Waals surface area contributed by atoms with Gasteiger partial charge in [0, 0.05) is 6.54 Å². The highest BCUT2D eigenvalue weighted by molar-refractivity contribution is 6.33. The van der Waals surface area contributed by atoms with Gasteiger partial charge in [-0.2, -0.15) is 9.97 Å². The van der Waals surface area contributed by atoms with Crippen LogP contribution in [0.3, 0.4) is 0 Å². The number of hydrogen-bond acceptors (Lipinski definition) is 4. The van der Waals surface area contributed by atoms with Crippen LogP contribution < -0.4 is 5.73 Å². The molecule has 2 heterocycles. The van der Waals surface area contributed by atoms with Gasteiger partial charge in [0.05, 0.1) is 6.33 Å². The van der Waals surface area contributed by atoms with Crippen LogP contribution in [0.2, 0.25) is 5.15 Å². The number of halogens is 1. The minimum absolute atomic E-state index is 0.131. The summed E-state index contributed by atoms with van der Waals surface area (Å²) in [4.78, 5) is 11.9. The zero-order valence-electron chi connectivity index (χ0n) is 7.31. The minimum atomic E-state index is 0.131. The van der Waals surface area contributed by atoms with Crippen molar-refractivity contribution in [2.45, 2.75) is 6.54 Å². The van der Waals surface area contributed by atoms with E-state index in [1.165, 1.54) is 0 Å². The van der Waals surface area contributed by atoms with Gasteiger partial charge in [0.1, 0.15) is 5.52 Å². The molecule has 0 saturated heterocycles. The molecule has 2 aromatic heterocycles. The van der Waals surface area contributed by atoms with E-state index in [2.05, 4.69) is 21.5 Å². The van der Waals surface area contributed by atoms with Gasteiger partial charge in [-0.3, -0.25) is 0 Å². The third-order valence-corrected chi connectivity index (χ3v) is 2.04. The molecule has 2 rings (SSSR count). The Bertz CT molecular complexity index is 490. The Labute approximate surface area is 85.2 Å². The first-order valence-corrected chi connectivity index (χ1v) is 4.35. The van der Waals surface area contributed by atoms with Crippen LogP contribution in [-0.2, 0) is 6.54 Å². The van der Waals surface area contributed by atoms with Crippen molar-refractivity contribution in [3.05, 3.63) is 24.1 Å². The lowest BCUT2D eigenvalue weighted by Crippen LogP contribution is -1.98. The van der Waals surface area contributed by atoms with Gasteiger partial charge in [0.25, 0.3) is 0 Å². The zero-order chi connectivity index (χ0) is 10.1. The summed E-state index contributed by atoms with van der Waals surface area (Å²) in [6.45, 7) is 4.25. The fourth-order valence-electron chi connectivity index (χ4n) is 1.23. The second-order valence-corrected chi connectivity index (χ2v) is 3.09. The lowest BCUT2D eigenvalue weighted by atomic mass is 10.5. The van der Waals surface area contributed by atoms with Crippen molar-refractivity contribution in [2.24, 2.45) is 0 Å². The standard InChI is InChI=1S/C8H8ClN5/c1-2-3-14-4-11-7-5(14)6(9)12-8(10)13-7/h2,4H,1,3H2,(H2,10,12,13). The van der Waals surface area contributed by atoms with Crippen LogP contribution in [0.1, 0.15) is 0 Å². The maximum atomic E-state index is 5.92. The minimum Gasteiger partial charge on any atom is -0.368 e. The van der Waals surface area contributed by atoms with E-state index < -0.39 is 0 Å². The van der Waals surface area contributed by atoms with E-state index in [1.54, 1.807) is 12.4 Å². The molecule has 0 atom stereocenters. The average molecular weight is 210 g/mol. The van der Waals surface area contributed by atoms with Gasteiger partial charge in [0.2, 0.25) is 5.95 Å². The topological polar surface area (TPSA) is 69.6 Å². The van der Waals surface area contributed by atoms with Gasteiger partial charge >= 0.3 is 0 Å². The summed E-state index contributed by atoms with van der Waals surface area (Å²) in [7, 11) is 0. The van der Waals surface area contributed by atoms with Crippen molar-refractivity contribution in [3.8, 4) is 0 Å². The van der Waals surface area contributed by atoms with E-state index in [0.29, 0.717) is 22.9 Å². The number of nitrogens with zero attached hydrogens (tertiary/aromatic N) is 4. The average Bonchev–Trinajstić information content (AvgIpc) is 2.49. The maximum Gasteiger partial charge on any atom is 0.223 e. The van der Waals surface area contributed by atoms with E-state index >= 15 is 0 Å². The Hall–Kier alpha value is -1.62. The van der Waals surface area contributed by atoms with Crippen molar-refractivity contribution in [2.75, 3.05) is 5.73 Å². The molecular formula is C8H8ClN5. The first-order valence-electron chi connectivity index (χ1n) is 3.97. The van der Waals surface area contributed by atoms with E-state index in [4.69, 9.17) is 17.3 Å². The Morgan fingerprint density at radius 2 is 2.36 bits per heavy atom. The number of nitrogen functional groups attached to an aromatic ring is 1. The normalized spacial score (nSPS) is 10.6. The molecule has 0 aliphatic carbocycles. The van der Waals surface area contributed by atoms with Gasteiger partial charge in [0.15, 0.2) is 10.8 Å². The third kappa shape index (κ3) is 1.31. The van der Waals surface area contributed by atoms with E-state index in [0.717, 1.165) is 0 Å². The summed E-state index contributed by atoms with van der Waals surface area (Å²) < 4.78 is 1.81. The number of allylic oxidation sites excluding steroid dienone is 1. The fraction of sp³-hybridized carbons (Fsp3) is 0.125. The lowest BCUT2D eigenvalue weighted by Gasteiger charge is -2.00. The predicted octanol–water partition coefficient (Wildman–Crippen LogP) is 1.25. The highest BCUT2D eigenvalue weighted by Gasteiger charge is 2.09. The summed E-state index contributed by atoms with van der Waals surface area (Å²) in [5.41, 5.74) is 6.62. The summed E-state index contributed by atoms with van der Waals surface area (Å²) in [6, 6.07) is 0. The number of anilines is 1. The Balaban J connectivity index is 2.72. The lowest BCUT2D eigenvalue weighted by molar-refractivity contribution is 0.849. The highest BCUT2D eigenvalue weighted by Crippen LogP contribution is 2.19. The maximum absolute atomic E-state index is 5.92. The molecule has 0 amide bonds. The molecule has 0 aromatic carbocycles. The van der Waals surface area contributed by atoms with E-state index in [-0.39, 0.29) is 5.95 Å². The quantitative estimate of drug-likeness (QED) is 0.597. The third-order valence-electron chi connectivity index (χ3n) is 1.77. The molecule has 0 saturated carbocycles. The molecule has 2 N–H and O–H groups in total. The molecule has 6 heteroatoms. The smallest absolute Gasteiger partial charge is 0.223 e. The fourth-order valence-corrected chi connectivity index (χ4v) is 1.51. The molecule has 5 nitrogen and oxygen atoms in total. The Morgan fingerprint density at radius 1 is 1.57 bits per heavy atom. The van der Waals surface area contributed by atoms with Crippen LogP contribution in [0, 0.1) is 0 Å². The number of imidazole rings is 1. The SMILES string of the molecule is C=CCn1cnc2nc(N)nc(Cl)c21. The van der Waals surface area contributed by atoms with Gasteiger partial charge in [-0.15, -0.1) is 6.58 Å². The molecule has 0 bridgehead atoms. The molecule has 0 radical (unpaired) electrons. The summed E-state index contributed by atoms with van der Waals surface area (Å²) >= 11 is 5.92. The van der Waals surface area contributed by atoms with Gasteiger partial charge in [-0.1, -0.05) is 17.7 Å². The molecule has 2 aromatic rings. The van der Waals surface area contributed by atoms with Crippen molar-refractivity contribution in [3.63, 3.8) is 0 Å². The van der Waals surface area contributed by atoms with Crippen molar-refractivity contribution >= 4 is 28.7 Å². The van der Waals surface area contributed by atoms with Crippen LogP contribution in [0.25, 0.3) is 11.2 Å². The van der Waals surface area contributed by atoms with Gasteiger partial charge in [-0.05, 0) is 0 Å². The summed E-state index contributed by atoms with van der Waals surface area (Å²) in [5.74, 6) is 0.131. The van der Waals surface area contributed by atoms with Crippen LogP contribution in [0.4, 0.5) is 5.95 Å². The second-order valence-electron chi connectivity index (χ2n) is 2.73. The molecule has 14 heavy (non-hydrogen) atoms. The molecule has 0 spiro atoms. The first kappa shape index (κ1) is 8.96. The monoisotopic (exact) mass is 209 g/mol. The largest absolute Gasteiger partial charge is 0.368 e. The van der Waals surface area contributed by atoms with Gasteiger partial charge < -0.3 is 10.3 Å².